The van der Waals surface area contributed by atoms with Gasteiger partial charge in [0.1, 0.15) is 0 Å². The van der Waals surface area contributed by atoms with Crippen molar-refractivity contribution in [1.29, 1.82) is 0 Å². The Kier molecular flexibility index (Phi) is 2.40. The first kappa shape index (κ1) is 9.32. The van der Waals surface area contributed by atoms with E-state index in [9.17, 15) is 4.79 Å². The molecule has 0 aliphatic rings. The van der Waals surface area contributed by atoms with E-state index >= 15 is 0 Å². The molecule has 1 N–H and O–H groups in total. The fourth-order valence-electron chi connectivity index (χ4n) is 1.04. The lowest BCUT2D eigenvalue weighted by Crippen LogP contribution is -2.05. The molecule has 76 valence electrons. The number of nitrogens with zero attached hydrogens (tertiary/aromatic N) is 3. The Hall–Kier alpha value is -2.24. The maximum absolute atomic E-state index is 10.7. The van der Waals surface area contributed by atoms with Gasteiger partial charge in [-0.05, 0) is 12.1 Å². The van der Waals surface area contributed by atoms with Gasteiger partial charge in [-0.1, -0.05) is 5.10 Å². The number of carbonyl (C=O) groups is 1. The topological polar surface area (TPSA) is 80.9 Å². The largest absolute Gasteiger partial charge is 0.403 e. The molecule has 15 heavy (non-hydrogen) atoms. The van der Waals surface area contributed by atoms with Crippen LogP contribution in [0, 0.1) is 0 Å². The first-order valence-corrected chi connectivity index (χ1v) is 4.27. The predicted octanol–water partition coefficient (Wildman–Crippen LogP) is 1.09. The molecule has 0 spiro atoms. The molecule has 6 nitrogen and oxygen atoms in total. The van der Waals surface area contributed by atoms with E-state index in [1.807, 2.05) is 0 Å². The van der Waals surface area contributed by atoms with E-state index in [0.29, 0.717) is 5.89 Å². The highest BCUT2D eigenvalue weighted by Crippen LogP contribution is 2.18. The number of hydrogen-bond donors (Lipinski definition) is 1. The minimum atomic E-state index is -0.250. The van der Waals surface area contributed by atoms with Crippen molar-refractivity contribution in [2.45, 2.75) is 6.92 Å². The Morgan fingerprint density at radius 1 is 1.33 bits per heavy atom. The molecular formula is C9H8N4O2. The van der Waals surface area contributed by atoms with Crippen molar-refractivity contribution in [1.82, 2.24) is 15.2 Å². The molecular weight excluding hydrogens is 196 g/mol. The third-order valence-corrected chi connectivity index (χ3v) is 1.64. The Morgan fingerprint density at radius 2 is 2.07 bits per heavy atom. The highest BCUT2D eigenvalue weighted by molar-refractivity contribution is 5.86. The van der Waals surface area contributed by atoms with Crippen LogP contribution in [0.2, 0.25) is 0 Å². The summed E-state index contributed by atoms with van der Waals surface area (Å²) in [5.41, 5.74) is 0.758. The van der Waals surface area contributed by atoms with E-state index in [4.69, 9.17) is 4.42 Å². The van der Waals surface area contributed by atoms with Crippen molar-refractivity contribution in [3.8, 4) is 11.5 Å². The average Bonchev–Trinajstić information content (AvgIpc) is 2.67. The van der Waals surface area contributed by atoms with Crippen molar-refractivity contribution in [3.05, 3.63) is 24.5 Å². The summed E-state index contributed by atoms with van der Waals surface area (Å²) in [6, 6.07) is 3.57. The van der Waals surface area contributed by atoms with Gasteiger partial charge >= 0.3 is 6.01 Å². The average molecular weight is 204 g/mol. The summed E-state index contributed by atoms with van der Waals surface area (Å²) >= 11 is 0. The zero-order valence-electron chi connectivity index (χ0n) is 7.97. The quantitative estimate of drug-likeness (QED) is 0.791. The highest BCUT2D eigenvalue weighted by Gasteiger charge is 2.08. The van der Waals surface area contributed by atoms with Gasteiger partial charge in [-0.25, -0.2) is 0 Å². The van der Waals surface area contributed by atoms with Crippen LogP contribution in [0.15, 0.2) is 28.9 Å². The van der Waals surface area contributed by atoms with Crippen molar-refractivity contribution >= 4 is 11.9 Å². The van der Waals surface area contributed by atoms with Gasteiger partial charge in [-0.3, -0.25) is 15.1 Å². The molecule has 2 heterocycles. The molecule has 2 rings (SSSR count). The third-order valence-electron chi connectivity index (χ3n) is 1.64. The van der Waals surface area contributed by atoms with Gasteiger partial charge in [-0.15, -0.1) is 5.10 Å². The van der Waals surface area contributed by atoms with Crippen LogP contribution in [-0.4, -0.2) is 21.1 Å². The first-order valence-electron chi connectivity index (χ1n) is 4.27. The highest BCUT2D eigenvalue weighted by atomic mass is 16.4. The number of aromatic nitrogens is 3. The molecule has 2 aromatic rings. The molecule has 0 aromatic carbocycles. The molecule has 0 saturated heterocycles. The maximum Gasteiger partial charge on any atom is 0.322 e. The minimum absolute atomic E-state index is 0.0920. The molecule has 0 atom stereocenters. The summed E-state index contributed by atoms with van der Waals surface area (Å²) in [5, 5.41) is 9.84. The van der Waals surface area contributed by atoms with Crippen LogP contribution in [0.5, 0.6) is 0 Å². The zero-order valence-corrected chi connectivity index (χ0v) is 7.97. The number of carbonyl (C=O) groups excluding carboxylic acids is 1. The normalized spacial score (nSPS) is 9.93. The molecule has 2 aromatic heterocycles. The third kappa shape index (κ3) is 2.16. The van der Waals surface area contributed by atoms with Crippen LogP contribution in [0.4, 0.5) is 6.01 Å². The standard InChI is InChI=1S/C9H8N4O2/c1-6(14)11-9-13-12-8(15-9)7-2-4-10-5-3-7/h2-5H,1H3,(H,11,13,14). The minimum Gasteiger partial charge on any atom is -0.403 e. The van der Waals surface area contributed by atoms with Gasteiger partial charge in [-0.2, -0.15) is 0 Å². The number of hydrogen-bond acceptors (Lipinski definition) is 5. The van der Waals surface area contributed by atoms with E-state index < -0.39 is 0 Å². The number of nitrogens with one attached hydrogen (secondary N) is 1. The van der Waals surface area contributed by atoms with Gasteiger partial charge in [0.15, 0.2) is 0 Å². The molecule has 1 amide bonds. The summed E-state index contributed by atoms with van der Waals surface area (Å²) in [5.74, 6) is 0.0982. The van der Waals surface area contributed by atoms with Crippen molar-refractivity contribution in [2.75, 3.05) is 5.32 Å². The van der Waals surface area contributed by atoms with Crippen LogP contribution in [-0.2, 0) is 4.79 Å². The summed E-state index contributed by atoms with van der Waals surface area (Å²) in [7, 11) is 0. The maximum atomic E-state index is 10.7. The molecule has 0 aliphatic carbocycles. The Labute approximate surface area is 85.4 Å². The van der Waals surface area contributed by atoms with E-state index in [2.05, 4.69) is 20.5 Å². The molecule has 0 bridgehead atoms. The fourth-order valence-corrected chi connectivity index (χ4v) is 1.04. The van der Waals surface area contributed by atoms with Crippen LogP contribution in [0.3, 0.4) is 0 Å². The lowest BCUT2D eigenvalue weighted by molar-refractivity contribution is -0.114. The van der Waals surface area contributed by atoms with E-state index in [1.165, 1.54) is 6.92 Å². The summed E-state index contributed by atoms with van der Waals surface area (Å²) in [4.78, 5) is 14.6. The van der Waals surface area contributed by atoms with Crippen molar-refractivity contribution in [2.24, 2.45) is 0 Å². The van der Waals surface area contributed by atoms with E-state index in [0.717, 1.165) is 5.56 Å². The predicted molar refractivity (Wildman–Crippen MR) is 51.8 cm³/mol. The second-order valence-electron chi connectivity index (χ2n) is 2.83. The van der Waals surface area contributed by atoms with E-state index in [1.54, 1.807) is 24.5 Å². The zero-order chi connectivity index (χ0) is 10.7. The number of pyridine rings is 1. The lowest BCUT2D eigenvalue weighted by Gasteiger charge is -1.92. The summed E-state index contributed by atoms with van der Waals surface area (Å²) in [6.07, 6.45) is 3.25. The number of anilines is 1. The van der Waals surface area contributed by atoms with Gasteiger partial charge in [0, 0.05) is 24.9 Å². The smallest absolute Gasteiger partial charge is 0.322 e. The molecule has 0 aliphatic heterocycles. The van der Waals surface area contributed by atoms with E-state index in [-0.39, 0.29) is 11.9 Å². The lowest BCUT2D eigenvalue weighted by atomic mass is 10.3. The van der Waals surface area contributed by atoms with Crippen molar-refractivity contribution < 1.29 is 9.21 Å². The van der Waals surface area contributed by atoms with Gasteiger partial charge in [0.05, 0.1) is 0 Å². The van der Waals surface area contributed by atoms with Crippen LogP contribution in [0.25, 0.3) is 11.5 Å². The van der Waals surface area contributed by atoms with Crippen LogP contribution in [0.1, 0.15) is 6.92 Å². The summed E-state index contributed by atoms with van der Waals surface area (Å²) < 4.78 is 5.20. The van der Waals surface area contributed by atoms with Crippen LogP contribution >= 0.6 is 0 Å². The van der Waals surface area contributed by atoms with Crippen LogP contribution < -0.4 is 5.32 Å². The van der Waals surface area contributed by atoms with Gasteiger partial charge in [0.2, 0.25) is 11.8 Å². The molecule has 0 radical (unpaired) electrons. The van der Waals surface area contributed by atoms with Crippen molar-refractivity contribution in [3.63, 3.8) is 0 Å². The molecule has 0 saturated carbocycles. The second-order valence-corrected chi connectivity index (χ2v) is 2.83. The second kappa shape index (κ2) is 3.87. The number of amides is 1. The Morgan fingerprint density at radius 3 is 2.73 bits per heavy atom. The molecule has 6 heteroatoms. The Balaban J connectivity index is 2.24. The van der Waals surface area contributed by atoms with Gasteiger partial charge in [0.25, 0.3) is 0 Å². The Bertz CT molecular complexity index is 466. The monoisotopic (exact) mass is 204 g/mol. The number of rotatable bonds is 2. The van der Waals surface area contributed by atoms with Gasteiger partial charge < -0.3 is 4.42 Å². The molecule has 0 unspecified atom stereocenters. The SMILES string of the molecule is CC(=O)Nc1nnc(-c2ccncc2)o1. The molecule has 0 fully saturated rings. The first-order chi connectivity index (χ1) is 7.25. The fraction of sp³-hybridized carbons (Fsp3) is 0.111. The summed E-state index contributed by atoms with van der Waals surface area (Å²) in [6.45, 7) is 1.37.